The first kappa shape index (κ1) is 10.6. The first-order valence-corrected chi connectivity index (χ1v) is 4.60. The molecule has 0 saturated heterocycles. The first-order chi connectivity index (χ1) is 6.58. The second-order valence-corrected chi connectivity index (χ2v) is 4.30. The van der Waals surface area contributed by atoms with Crippen molar-refractivity contribution in [2.24, 2.45) is 15.4 Å². The van der Waals surface area contributed by atoms with Crippen LogP contribution in [0, 0.1) is 5.41 Å². The highest BCUT2D eigenvalue weighted by atomic mass is 14.8. The summed E-state index contributed by atoms with van der Waals surface area (Å²) in [5, 5.41) is 0. The molecule has 0 radical (unpaired) electrons. The van der Waals surface area contributed by atoms with E-state index in [4.69, 9.17) is 0 Å². The van der Waals surface area contributed by atoms with Crippen molar-refractivity contribution in [1.29, 1.82) is 0 Å². The molecule has 3 nitrogen and oxygen atoms in total. The Bertz CT molecular complexity index is 329. The van der Waals surface area contributed by atoms with E-state index in [1.54, 1.807) is 12.4 Å². The average Bonchev–Trinajstić information content (AvgIpc) is 2.13. The van der Waals surface area contributed by atoms with Crippen molar-refractivity contribution in [1.82, 2.24) is 4.98 Å². The van der Waals surface area contributed by atoms with Crippen molar-refractivity contribution in [3.05, 3.63) is 24.5 Å². The van der Waals surface area contributed by atoms with Crippen LogP contribution < -0.4 is 0 Å². The summed E-state index contributed by atoms with van der Waals surface area (Å²) >= 11 is 0. The molecule has 0 aliphatic rings. The van der Waals surface area contributed by atoms with E-state index < -0.39 is 0 Å². The zero-order valence-corrected chi connectivity index (χ0v) is 8.86. The summed E-state index contributed by atoms with van der Waals surface area (Å²) in [6, 6.07) is 6.37. The molecule has 14 heavy (non-hydrogen) atoms. The van der Waals surface area contributed by atoms with Gasteiger partial charge in [-0.15, -0.1) is 0 Å². The summed E-state index contributed by atoms with van der Waals surface area (Å²) in [5.74, 6) is 0. The standard InChI is InChI=1S/C11H15N3/c1-11(2,3)8-13-9-14-10-5-4-6-12-7-10/h4-7H,8H2,1-3H3. The van der Waals surface area contributed by atoms with Crippen molar-refractivity contribution in [2.75, 3.05) is 6.54 Å². The van der Waals surface area contributed by atoms with Crippen LogP contribution >= 0.6 is 0 Å². The van der Waals surface area contributed by atoms with Crippen LogP contribution in [0.2, 0.25) is 0 Å². The van der Waals surface area contributed by atoms with Gasteiger partial charge in [-0.1, -0.05) is 20.8 Å². The third-order valence-electron chi connectivity index (χ3n) is 1.45. The number of aromatic nitrogens is 1. The van der Waals surface area contributed by atoms with Crippen LogP contribution in [0.15, 0.2) is 34.5 Å². The average molecular weight is 189 g/mol. The Hall–Kier alpha value is -1.47. The van der Waals surface area contributed by atoms with Gasteiger partial charge in [-0.2, -0.15) is 4.99 Å². The molecule has 0 spiro atoms. The van der Waals surface area contributed by atoms with Gasteiger partial charge in [0, 0.05) is 6.20 Å². The van der Waals surface area contributed by atoms with Gasteiger partial charge in [-0.25, -0.2) is 4.99 Å². The van der Waals surface area contributed by atoms with E-state index in [1.165, 1.54) is 0 Å². The minimum atomic E-state index is 0.192. The van der Waals surface area contributed by atoms with Gasteiger partial charge in [0.15, 0.2) is 0 Å². The van der Waals surface area contributed by atoms with Crippen LogP contribution in [0.1, 0.15) is 20.8 Å². The van der Waals surface area contributed by atoms with Gasteiger partial charge in [-0.3, -0.25) is 4.98 Å². The van der Waals surface area contributed by atoms with Gasteiger partial charge in [-0.05, 0) is 17.5 Å². The predicted octanol–water partition coefficient (Wildman–Crippen LogP) is 2.93. The Morgan fingerprint density at radius 3 is 2.79 bits per heavy atom. The van der Waals surface area contributed by atoms with E-state index in [0.29, 0.717) is 0 Å². The third kappa shape index (κ3) is 4.53. The summed E-state index contributed by atoms with van der Waals surface area (Å²) in [7, 11) is 0. The number of pyridine rings is 1. The Kier molecular flexibility index (Phi) is 3.55. The molecule has 0 saturated carbocycles. The monoisotopic (exact) mass is 189 g/mol. The van der Waals surface area contributed by atoms with Gasteiger partial charge in [0.05, 0.1) is 24.4 Å². The lowest BCUT2D eigenvalue weighted by molar-refractivity contribution is 0.430. The Balaban J connectivity index is 2.57. The normalized spacial score (nSPS) is 10.5. The summed E-state index contributed by atoms with van der Waals surface area (Å²) in [4.78, 5) is 12.1. The van der Waals surface area contributed by atoms with E-state index in [2.05, 4.69) is 41.7 Å². The minimum Gasteiger partial charge on any atom is -0.262 e. The maximum absolute atomic E-state index is 4.09. The summed E-state index contributed by atoms with van der Waals surface area (Å²) in [5.41, 5.74) is 0.974. The zero-order valence-electron chi connectivity index (χ0n) is 8.86. The van der Waals surface area contributed by atoms with E-state index in [1.807, 2.05) is 12.1 Å². The van der Waals surface area contributed by atoms with Crippen LogP contribution in [0.3, 0.4) is 0 Å². The largest absolute Gasteiger partial charge is 0.262 e. The topological polar surface area (TPSA) is 37.6 Å². The molecule has 1 aromatic rings. The molecule has 0 aromatic carbocycles. The van der Waals surface area contributed by atoms with Crippen LogP contribution in [-0.4, -0.2) is 17.5 Å². The Labute approximate surface area is 84.6 Å². The van der Waals surface area contributed by atoms with Crippen molar-refractivity contribution < 1.29 is 0 Å². The molecule has 74 valence electrons. The number of aliphatic imine (C=N–C) groups is 2. The molecule has 0 N–H and O–H groups in total. The van der Waals surface area contributed by atoms with Crippen molar-refractivity contribution in [2.45, 2.75) is 20.8 Å². The second kappa shape index (κ2) is 4.68. The predicted molar refractivity (Wildman–Crippen MR) is 58.1 cm³/mol. The molecule has 1 rings (SSSR count). The van der Waals surface area contributed by atoms with Gasteiger partial charge >= 0.3 is 0 Å². The Morgan fingerprint density at radius 1 is 1.43 bits per heavy atom. The second-order valence-electron chi connectivity index (χ2n) is 4.30. The van der Waals surface area contributed by atoms with Gasteiger partial charge < -0.3 is 0 Å². The van der Waals surface area contributed by atoms with Crippen molar-refractivity contribution >= 4 is 11.7 Å². The lowest BCUT2D eigenvalue weighted by Gasteiger charge is -2.12. The zero-order chi connectivity index (χ0) is 10.4. The fourth-order valence-electron chi connectivity index (χ4n) is 0.785. The van der Waals surface area contributed by atoms with E-state index in [9.17, 15) is 0 Å². The maximum atomic E-state index is 4.09. The fraction of sp³-hybridized carbons (Fsp3) is 0.455. The molecule has 1 aromatic heterocycles. The van der Waals surface area contributed by atoms with E-state index in [0.717, 1.165) is 12.2 Å². The smallest absolute Gasteiger partial charge is 0.0949 e. The number of hydrogen-bond acceptors (Lipinski definition) is 3. The van der Waals surface area contributed by atoms with Crippen molar-refractivity contribution in [3.63, 3.8) is 0 Å². The lowest BCUT2D eigenvalue weighted by Crippen LogP contribution is -2.08. The summed E-state index contributed by atoms with van der Waals surface area (Å²) < 4.78 is 0. The highest BCUT2D eigenvalue weighted by Gasteiger charge is 2.07. The molecule has 0 bridgehead atoms. The molecule has 0 fully saturated rings. The van der Waals surface area contributed by atoms with Gasteiger partial charge in [0.2, 0.25) is 0 Å². The fourth-order valence-corrected chi connectivity index (χ4v) is 0.785. The molecule has 0 unspecified atom stereocenters. The summed E-state index contributed by atoms with van der Waals surface area (Å²) in [6.45, 7) is 7.11. The van der Waals surface area contributed by atoms with Crippen LogP contribution in [0.5, 0.6) is 0 Å². The van der Waals surface area contributed by atoms with E-state index in [-0.39, 0.29) is 5.41 Å². The van der Waals surface area contributed by atoms with Crippen molar-refractivity contribution in [3.8, 4) is 0 Å². The number of rotatable bonds is 2. The Morgan fingerprint density at radius 2 is 2.21 bits per heavy atom. The molecular weight excluding hydrogens is 174 g/mol. The molecule has 0 aliphatic heterocycles. The van der Waals surface area contributed by atoms with Crippen LogP contribution in [0.4, 0.5) is 5.69 Å². The lowest BCUT2D eigenvalue weighted by atomic mass is 9.98. The quantitative estimate of drug-likeness (QED) is 0.659. The molecular formula is C11H15N3. The summed E-state index contributed by atoms with van der Waals surface area (Å²) in [6.07, 6.45) is 3.39. The van der Waals surface area contributed by atoms with Crippen LogP contribution in [-0.2, 0) is 0 Å². The first-order valence-electron chi connectivity index (χ1n) is 4.60. The highest BCUT2D eigenvalue weighted by Crippen LogP contribution is 2.12. The maximum Gasteiger partial charge on any atom is 0.0949 e. The molecule has 0 atom stereocenters. The van der Waals surface area contributed by atoms with Gasteiger partial charge in [0.25, 0.3) is 0 Å². The van der Waals surface area contributed by atoms with Crippen LogP contribution in [0.25, 0.3) is 0 Å². The third-order valence-corrected chi connectivity index (χ3v) is 1.45. The number of hydrogen-bond donors (Lipinski definition) is 0. The SMILES string of the molecule is CC(C)(C)CN=C=Nc1cccnc1. The highest BCUT2D eigenvalue weighted by molar-refractivity contribution is 5.51. The molecule has 1 heterocycles. The molecule has 0 aliphatic carbocycles. The minimum absolute atomic E-state index is 0.192. The van der Waals surface area contributed by atoms with Gasteiger partial charge in [0.1, 0.15) is 0 Å². The van der Waals surface area contributed by atoms with E-state index >= 15 is 0 Å². The number of nitrogens with zero attached hydrogens (tertiary/aromatic N) is 3. The molecule has 0 amide bonds. The molecule has 3 heteroatoms.